The van der Waals surface area contributed by atoms with Gasteiger partial charge in [0.05, 0.1) is 5.92 Å². The number of hydrogen-bond acceptors (Lipinski definition) is 2. The average molecular weight is 268 g/mol. The number of aliphatic carboxylic acids is 1. The molecule has 2 amide bonds. The minimum Gasteiger partial charge on any atom is -0.481 e. The standard InChI is InChI=1S/C14H24N2O3/c1-4-11(8(2)3)15-14(19)16-9-5-6-12(16)10(7-9)13(17)18/h8-12H,4-7H2,1-3H3,(H,15,19)(H,17,18). The van der Waals surface area contributed by atoms with E-state index >= 15 is 0 Å². The van der Waals surface area contributed by atoms with E-state index in [0.29, 0.717) is 12.3 Å². The van der Waals surface area contributed by atoms with Gasteiger partial charge in [0.15, 0.2) is 0 Å². The normalized spacial score (nSPS) is 30.7. The number of amides is 2. The maximum atomic E-state index is 12.4. The Hall–Kier alpha value is -1.26. The summed E-state index contributed by atoms with van der Waals surface area (Å²) >= 11 is 0. The molecule has 2 saturated heterocycles. The van der Waals surface area contributed by atoms with Gasteiger partial charge in [0, 0.05) is 18.1 Å². The summed E-state index contributed by atoms with van der Waals surface area (Å²) in [5.74, 6) is -0.742. The van der Waals surface area contributed by atoms with Crippen molar-refractivity contribution in [1.82, 2.24) is 10.2 Å². The van der Waals surface area contributed by atoms with Crippen molar-refractivity contribution in [3.05, 3.63) is 0 Å². The number of nitrogens with zero attached hydrogens (tertiary/aromatic N) is 1. The molecular weight excluding hydrogens is 244 g/mol. The lowest BCUT2D eigenvalue weighted by molar-refractivity contribution is -0.142. The molecule has 5 heteroatoms. The lowest BCUT2D eigenvalue weighted by Crippen LogP contribution is -2.49. The molecule has 0 radical (unpaired) electrons. The number of carboxylic acid groups (broad SMARTS) is 1. The van der Waals surface area contributed by atoms with E-state index in [-0.39, 0.29) is 30.1 Å². The zero-order valence-corrected chi connectivity index (χ0v) is 11.9. The minimum atomic E-state index is -0.763. The number of hydrogen-bond donors (Lipinski definition) is 2. The highest BCUT2D eigenvalue weighted by molar-refractivity contribution is 5.79. The SMILES string of the molecule is CCC(NC(=O)N1C2CCC1C(C(=O)O)C2)C(C)C. The number of urea groups is 1. The van der Waals surface area contributed by atoms with Crippen LogP contribution in [0.2, 0.25) is 0 Å². The Kier molecular flexibility index (Phi) is 4.02. The molecule has 2 aliphatic rings. The van der Waals surface area contributed by atoms with Gasteiger partial charge in [-0.1, -0.05) is 20.8 Å². The maximum Gasteiger partial charge on any atom is 0.318 e. The predicted molar refractivity (Wildman–Crippen MR) is 71.8 cm³/mol. The van der Waals surface area contributed by atoms with Gasteiger partial charge in [-0.25, -0.2) is 4.79 Å². The lowest BCUT2D eigenvalue weighted by Gasteiger charge is -2.28. The molecule has 2 heterocycles. The second-order valence-corrected chi connectivity index (χ2v) is 6.09. The number of rotatable bonds is 4. The molecule has 0 spiro atoms. The van der Waals surface area contributed by atoms with Crippen molar-refractivity contribution < 1.29 is 14.7 Å². The van der Waals surface area contributed by atoms with E-state index in [2.05, 4.69) is 26.1 Å². The van der Waals surface area contributed by atoms with Gasteiger partial charge in [-0.2, -0.15) is 0 Å². The summed E-state index contributed by atoms with van der Waals surface area (Å²) in [6.07, 6.45) is 3.29. The third-order valence-electron chi connectivity index (χ3n) is 4.64. The molecule has 0 aliphatic carbocycles. The van der Waals surface area contributed by atoms with Crippen LogP contribution < -0.4 is 5.32 Å². The van der Waals surface area contributed by atoms with Gasteiger partial charge in [0.25, 0.3) is 0 Å². The first-order valence-corrected chi connectivity index (χ1v) is 7.27. The lowest BCUT2D eigenvalue weighted by atomic mass is 9.89. The Morgan fingerprint density at radius 3 is 2.53 bits per heavy atom. The van der Waals surface area contributed by atoms with Crippen molar-refractivity contribution in [2.75, 3.05) is 0 Å². The monoisotopic (exact) mass is 268 g/mol. The van der Waals surface area contributed by atoms with E-state index in [1.807, 2.05) is 0 Å². The smallest absolute Gasteiger partial charge is 0.318 e. The molecule has 0 aromatic heterocycles. The van der Waals surface area contributed by atoms with E-state index in [9.17, 15) is 14.7 Å². The van der Waals surface area contributed by atoms with Crippen LogP contribution in [0.4, 0.5) is 4.79 Å². The second kappa shape index (κ2) is 5.39. The van der Waals surface area contributed by atoms with Crippen LogP contribution in [0.1, 0.15) is 46.5 Å². The number of nitrogens with one attached hydrogen (secondary N) is 1. The Labute approximate surface area is 114 Å². The van der Waals surface area contributed by atoms with Crippen LogP contribution in [0.15, 0.2) is 0 Å². The Bertz CT molecular complexity index is 370. The summed E-state index contributed by atoms with van der Waals surface area (Å²) in [4.78, 5) is 25.4. The minimum absolute atomic E-state index is 0.0724. The molecule has 108 valence electrons. The fraction of sp³-hybridized carbons (Fsp3) is 0.857. The third-order valence-corrected chi connectivity index (χ3v) is 4.64. The molecular formula is C14H24N2O3. The summed E-state index contributed by atoms with van der Waals surface area (Å²) in [5, 5.41) is 12.3. The molecule has 0 aromatic rings. The summed E-state index contributed by atoms with van der Waals surface area (Å²) in [5.41, 5.74) is 0. The number of carboxylic acids is 1. The number of carbonyl (C=O) groups excluding carboxylic acids is 1. The van der Waals surface area contributed by atoms with Gasteiger partial charge in [-0.3, -0.25) is 4.79 Å². The van der Waals surface area contributed by atoms with Gasteiger partial charge in [0.2, 0.25) is 0 Å². The van der Waals surface area contributed by atoms with E-state index in [1.54, 1.807) is 4.90 Å². The Morgan fingerprint density at radius 1 is 1.37 bits per heavy atom. The topological polar surface area (TPSA) is 69.6 Å². The molecule has 0 saturated carbocycles. The quantitative estimate of drug-likeness (QED) is 0.820. The van der Waals surface area contributed by atoms with Crippen molar-refractivity contribution >= 4 is 12.0 Å². The molecule has 4 atom stereocenters. The predicted octanol–water partition coefficient (Wildman–Crippen LogP) is 2.07. The summed E-state index contributed by atoms with van der Waals surface area (Å²) in [6.45, 7) is 6.24. The van der Waals surface area contributed by atoms with Crippen molar-refractivity contribution in [2.24, 2.45) is 11.8 Å². The van der Waals surface area contributed by atoms with E-state index in [0.717, 1.165) is 19.3 Å². The maximum absolute atomic E-state index is 12.4. The highest BCUT2D eigenvalue weighted by Crippen LogP contribution is 2.41. The molecule has 2 fully saturated rings. The van der Waals surface area contributed by atoms with Crippen molar-refractivity contribution in [3.63, 3.8) is 0 Å². The summed E-state index contributed by atoms with van der Waals surface area (Å²) in [7, 11) is 0. The molecule has 0 aromatic carbocycles. The number of carbonyl (C=O) groups is 2. The van der Waals surface area contributed by atoms with E-state index < -0.39 is 5.97 Å². The van der Waals surface area contributed by atoms with Gasteiger partial charge in [0.1, 0.15) is 0 Å². The van der Waals surface area contributed by atoms with E-state index in [4.69, 9.17) is 0 Å². The first-order chi connectivity index (χ1) is 8.95. The molecule has 2 rings (SSSR count). The molecule has 2 bridgehead atoms. The summed E-state index contributed by atoms with van der Waals surface area (Å²) < 4.78 is 0. The van der Waals surface area contributed by atoms with Gasteiger partial charge in [-0.15, -0.1) is 0 Å². The Balaban J connectivity index is 2.03. The van der Waals surface area contributed by atoms with Crippen LogP contribution in [0, 0.1) is 11.8 Å². The van der Waals surface area contributed by atoms with Crippen molar-refractivity contribution in [2.45, 2.75) is 64.6 Å². The van der Waals surface area contributed by atoms with Gasteiger partial charge >= 0.3 is 12.0 Å². The van der Waals surface area contributed by atoms with Crippen LogP contribution >= 0.6 is 0 Å². The third kappa shape index (κ3) is 2.55. The highest BCUT2D eigenvalue weighted by Gasteiger charge is 2.51. The first-order valence-electron chi connectivity index (χ1n) is 7.27. The molecule has 2 N–H and O–H groups in total. The average Bonchev–Trinajstić information content (AvgIpc) is 2.92. The van der Waals surface area contributed by atoms with E-state index in [1.165, 1.54) is 0 Å². The van der Waals surface area contributed by atoms with Crippen LogP contribution in [0.25, 0.3) is 0 Å². The van der Waals surface area contributed by atoms with Crippen molar-refractivity contribution in [3.8, 4) is 0 Å². The largest absolute Gasteiger partial charge is 0.481 e. The van der Waals surface area contributed by atoms with Crippen LogP contribution in [0.5, 0.6) is 0 Å². The first kappa shape index (κ1) is 14.2. The fourth-order valence-electron chi connectivity index (χ4n) is 3.54. The Morgan fingerprint density at radius 2 is 2.05 bits per heavy atom. The number of fused-ring (bicyclic) bond motifs is 2. The van der Waals surface area contributed by atoms with Crippen LogP contribution in [-0.4, -0.2) is 40.1 Å². The van der Waals surface area contributed by atoms with Gasteiger partial charge < -0.3 is 15.3 Å². The zero-order valence-electron chi connectivity index (χ0n) is 11.9. The second-order valence-electron chi connectivity index (χ2n) is 6.09. The molecule has 5 nitrogen and oxygen atoms in total. The van der Waals surface area contributed by atoms with Crippen molar-refractivity contribution in [1.29, 1.82) is 0 Å². The molecule has 4 unspecified atom stereocenters. The van der Waals surface area contributed by atoms with Crippen LogP contribution in [0.3, 0.4) is 0 Å². The van der Waals surface area contributed by atoms with Gasteiger partial charge in [-0.05, 0) is 31.6 Å². The zero-order chi connectivity index (χ0) is 14.2. The highest BCUT2D eigenvalue weighted by atomic mass is 16.4. The fourth-order valence-corrected chi connectivity index (χ4v) is 3.54. The molecule has 19 heavy (non-hydrogen) atoms. The summed E-state index contributed by atoms with van der Waals surface area (Å²) in [6, 6.07) is 0.107. The molecule has 2 aliphatic heterocycles. The van der Waals surface area contributed by atoms with Crippen LogP contribution in [-0.2, 0) is 4.79 Å².